The van der Waals surface area contributed by atoms with Gasteiger partial charge >= 0.3 is 0 Å². The van der Waals surface area contributed by atoms with Gasteiger partial charge in [0.05, 0.1) is 0 Å². The Bertz CT molecular complexity index is 306. The Hall–Kier alpha value is 0.110. The molecule has 0 aromatic carbocycles. The third kappa shape index (κ3) is 2.13. The molecule has 0 radical (unpaired) electrons. The van der Waals surface area contributed by atoms with E-state index in [1.807, 2.05) is 12.3 Å². The summed E-state index contributed by atoms with van der Waals surface area (Å²) in [6, 6.07) is 2.04. The van der Waals surface area contributed by atoms with Crippen LogP contribution >= 0.6 is 31.9 Å². The van der Waals surface area contributed by atoms with Crippen molar-refractivity contribution in [2.24, 2.45) is 0 Å². The molecule has 1 aromatic heterocycles. The summed E-state index contributed by atoms with van der Waals surface area (Å²) in [5.41, 5.74) is 1.38. The van der Waals surface area contributed by atoms with Crippen molar-refractivity contribution < 1.29 is 0 Å². The van der Waals surface area contributed by atoms with Crippen molar-refractivity contribution in [2.45, 2.75) is 31.6 Å². The van der Waals surface area contributed by atoms with Crippen LogP contribution < -0.4 is 0 Å². The number of nitrogens with zero attached hydrogens (tertiary/aromatic N) is 1. The predicted octanol–water partition coefficient (Wildman–Crippen LogP) is 4.26. The lowest BCUT2D eigenvalue weighted by atomic mass is 10.00. The van der Waals surface area contributed by atoms with Crippen molar-refractivity contribution in [2.75, 3.05) is 0 Å². The molecule has 1 aliphatic carbocycles. The Morgan fingerprint density at radius 3 is 2.54 bits per heavy atom. The molecule has 0 N–H and O–H groups in total. The van der Waals surface area contributed by atoms with Gasteiger partial charge in [-0.15, -0.1) is 0 Å². The molecule has 1 aliphatic rings. The van der Waals surface area contributed by atoms with Crippen molar-refractivity contribution >= 4 is 31.9 Å². The number of rotatable bonds is 1. The van der Waals surface area contributed by atoms with E-state index in [2.05, 4.69) is 36.8 Å². The molecule has 2 rings (SSSR count). The van der Waals surface area contributed by atoms with E-state index in [0.29, 0.717) is 0 Å². The normalized spacial score (nSPS) is 18.0. The molecule has 0 aliphatic heterocycles. The number of hydrogen-bond donors (Lipinski definition) is 0. The van der Waals surface area contributed by atoms with E-state index < -0.39 is 0 Å². The molecule has 1 nitrogen and oxygen atoms in total. The minimum Gasteiger partial charge on any atom is -0.249 e. The highest BCUT2D eigenvalue weighted by Gasteiger charge is 2.19. The van der Waals surface area contributed by atoms with Crippen LogP contribution in [0.25, 0.3) is 0 Å². The first kappa shape index (κ1) is 9.66. The van der Waals surface area contributed by atoms with Gasteiger partial charge in [-0.05, 0) is 46.3 Å². The molecule has 0 saturated heterocycles. The second-order valence-electron chi connectivity index (χ2n) is 3.51. The van der Waals surface area contributed by atoms with Crippen LogP contribution in [0.4, 0.5) is 0 Å². The van der Waals surface area contributed by atoms with Crippen LogP contribution in [-0.2, 0) is 0 Å². The molecule has 0 atom stereocenters. The third-order valence-corrected chi connectivity index (χ3v) is 3.76. The topological polar surface area (TPSA) is 12.9 Å². The molecule has 1 aromatic rings. The lowest BCUT2D eigenvalue weighted by Gasteiger charge is -2.10. The second-order valence-corrected chi connectivity index (χ2v) is 5.18. The van der Waals surface area contributed by atoms with Gasteiger partial charge in [0, 0.05) is 10.7 Å². The number of hydrogen-bond acceptors (Lipinski definition) is 1. The SMILES string of the molecule is Brc1cc(Br)c(C2CCCC2)cn1. The molecular weight excluding hydrogens is 294 g/mol. The average Bonchev–Trinajstić information content (AvgIpc) is 2.56. The van der Waals surface area contributed by atoms with E-state index in [9.17, 15) is 0 Å². The zero-order chi connectivity index (χ0) is 9.26. The highest BCUT2D eigenvalue weighted by atomic mass is 79.9. The molecule has 3 heteroatoms. The molecular formula is C10H11Br2N. The summed E-state index contributed by atoms with van der Waals surface area (Å²) in [6.07, 6.45) is 7.37. The molecule has 70 valence electrons. The monoisotopic (exact) mass is 303 g/mol. The summed E-state index contributed by atoms with van der Waals surface area (Å²) < 4.78 is 2.10. The van der Waals surface area contributed by atoms with Crippen molar-refractivity contribution in [3.8, 4) is 0 Å². The first-order valence-corrected chi connectivity index (χ1v) is 6.17. The Labute approximate surface area is 95.2 Å². The summed E-state index contributed by atoms with van der Waals surface area (Å²) in [7, 11) is 0. The number of pyridine rings is 1. The zero-order valence-electron chi connectivity index (χ0n) is 7.26. The van der Waals surface area contributed by atoms with Crippen LogP contribution in [0.1, 0.15) is 37.2 Å². The van der Waals surface area contributed by atoms with Gasteiger partial charge < -0.3 is 0 Å². The fraction of sp³-hybridized carbons (Fsp3) is 0.500. The second kappa shape index (κ2) is 4.09. The Balaban J connectivity index is 2.29. The predicted molar refractivity (Wildman–Crippen MR) is 60.8 cm³/mol. The van der Waals surface area contributed by atoms with Gasteiger partial charge in [-0.3, -0.25) is 0 Å². The average molecular weight is 305 g/mol. The van der Waals surface area contributed by atoms with Crippen LogP contribution in [0.15, 0.2) is 21.3 Å². The Morgan fingerprint density at radius 2 is 1.92 bits per heavy atom. The van der Waals surface area contributed by atoms with Gasteiger partial charge in [0.2, 0.25) is 0 Å². The first-order chi connectivity index (χ1) is 6.27. The van der Waals surface area contributed by atoms with Crippen LogP contribution in [0.5, 0.6) is 0 Å². The van der Waals surface area contributed by atoms with Crippen LogP contribution in [0.2, 0.25) is 0 Å². The molecule has 0 bridgehead atoms. The number of halogens is 2. The maximum absolute atomic E-state index is 4.27. The highest BCUT2D eigenvalue weighted by Crippen LogP contribution is 2.37. The molecule has 1 heterocycles. The van der Waals surface area contributed by atoms with Crippen molar-refractivity contribution in [3.63, 3.8) is 0 Å². The van der Waals surface area contributed by atoms with Crippen LogP contribution in [0.3, 0.4) is 0 Å². The molecule has 1 saturated carbocycles. The van der Waals surface area contributed by atoms with Crippen molar-refractivity contribution in [3.05, 3.63) is 26.9 Å². The minimum atomic E-state index is 0.731. The van der Waals surface area contributed by atoms with E-state index in [1.54, 1.807) is 0 Å². The zero-order valence-corrected chi connectivity index (χ0v) is 10.4. The van der Waals surface area contributed by atoms with Gasteiger partial charge in [0.1, 0.15) is 4.60 Å². The summed E-state index contributed by atoms with van der Waals surface area (Å²) >= 11 is 6.95. The van der Waals surface area contributed by atoms with Crippen LogP contribution in [-0.4, -0.2) is 4.98 Å². The molecule has 1 fully saturated rings. The summed E-state index contributed by atoms with van der Waals surface area (Å²) in [5.74, 6) is 0.731. The lowest BCUT2D eigenvalue weighted by molar-refractivity contribution is 0.715. The van der Waals surface area contributed by atoms with Crippen molar-refractivity contribution in [1.29, 1.82) is 0 Å². The largest absolute Gasteiger partial charge is 0.249 e. The molecule has 0 unspecified atom stereocenters. The maximum Gasteiger partial charge on any atom is 0.107 e. The summed E-state index contributed by atoms with van der Waals surface area (Å²) in [5, 5.41) is 0. The van der Waals surface area contributed by atoms with Gasteiger partial charge in [-0.25, -0.2) is 4.98 Å². The van der Waals surface area contributed by atoms with Crippen molar-refractivity contribution in [1.82, 2.24) is 4.98 Å². The van der Waals surface area contributed by atoms with E-state index in [1.165, 1.54) is 35.7 Å². The van der Waals surface area contributed by atoms with Gasteiger partial charge in [0.15, 0.2) is 0 Å². The fourth-order valence-electron chi connectivity index (χ4n) is 1.96. The van der Waals surface area contributed by atoms with Gasteiger partial charge in [0.25, 0.3) is 0 Å². The minimum absolute atomic E-state index is 0.731. The van der Waals surface area contributed by atoms with Crippen LogP contribution in [0, 0.1) is 0 Å². The summed E-state index contributed by atoms with van der Waals surface area (Å²) in [4.78, 5) is 4.27. The highest BCUT2D eigenvalue weighted by molar-refractivity contribution is 9.11. The standard InChI is InChI=1S/C10H11Br2N/c11-9-5-10(12)13-6-8(9)7-3-1-2-4-7/h5-7H,1-4H2. The number of aromatic nitrogens is 1. The fourth-order valence-corrected chi connectivity index (χ4v) is 3.24. The Kier molecular flexibility index (Phi) is 3.04. The molecule has 0 spiro atoms. The van der Waals surface area contributed by atoms with E-state index >= 15 is 0 Å². The smallest absolute Gasteiger partial charge is 0.107 e. The molecule has 13 heavy (non-hydrogen) atoms. The third-order valence-electron chi connectivity index (χ3n) is 2.64. The van der Waals surface area contributed by atoms with E-state index in [-0.39, 0.29) is 0 Å². The Morgan fingerprint density at radius 1 is 1.23 bits per heavy atom. The quantitative estimate of drug-likeness (QED) is 0.706. The maximum atomic E-state index is 4.27. The van der Waals surface area contributed by atoms with E-state index in [0.717, 1.165) is 10.5 Å². The first-order valence-electron chi connectivity index (χ1n) is 4.58. The van der Waals surface area contributed by atoms with Gasteiger partial charge in [-0.1, -0.05) is 28.8 Å². The lowest BCUT2D eigenvalue weighted by Crippen LogP contribution is -1.94. The van der Waals surface area contributed by atoms with Gasteiger partial charge in [-0.2, -0.15) is 0 Å². The van der Waals surface area contributed by atoms with E-state index in [4.69, 9.17) is 0 Å². The summed E-state index contributed by atoms with van der Waals surface area (Å²) in [6.45, 7) is 0. The molecule has 0 amide bonds.